The van der Waals surface area contributed by atoms with E-state index >= 15 is 0 Å². The van der Waals surface area contributed by atoms with E-state index in [-0.39, 0.29) is 18.3 Å². The maximum absolute atomic E-state index is 13.7. The highest BCUT2D eigenvalue weighted by atomic mass is 19.1. The molecular weight excluding hydrogens is 292 g/mol. The fraction of sp³-hybridized carbons (Fsp3) is 0.562. The Bertz CT molecular complexity index is 577. The minimum Gasteiger partial charge on any atom is -0.394 e. The lowest BCUT2D eigenvalue weighted by Crippen LogP contribution is -2.74. The van der Waals surface area contributed by atoms with Crippen LogP contribution in [0.5, 0.6) is 0 Å². The highest BCUT2D eigenvalue weighted by molar-refractivity contribution is 5.95. The molecule has 0 aliphatic heterocycles. The van der Waals surface area contributed by atoms with Crippen LogP contribution < -0.4 is 5.32 Å². The van der Waals surface area contributed by atoms with Crippen LogP contribution in [0.2, 0.25) is 0 Å². The first-order valence-corrected chi connectivity index (χ1v) is 7.27. The van der Waals surface area contributed by atoms with E-state index in [1.807, 2.05) is 20.8 Å². The van der Waals surface area contributed by atoms with E-state index < -0.39 is 28.5 Å². The van der Waals surface area contributed by atoms with E-state index in [2.05, 4.69) is 5.32 Å². The van der Waals surface area contributed by atoms with Crippen molar-refractivity contribution in [1.29, 1.82) is 0 Å². The molecule has 1 saturated carbocycles. The summed E-state index contributed by atoms with van der Waals surface area (Å²) < 4.78 is 32.5. The number of rotatable bonds is 5. The molecule has 0 bridgehead atoms. The number of carbonyl (C=O) groups is 1. The summed E-state index contributed by atoms with van der Waals surface area (Å²) in [6.45, 7) is 5.84. The summed E-state index contributed by atoms with van der Waals surface area (Å²) in [7, 11) is 0. The van der Waals surface area contributed by atoms with Crippen LogP contribution in [-0.4, -0.2) is 35.9 Å². The average molecular weight is 313 g/mol. The first-order chi connectivity index (χ1) is 10.3. The highest BCUT2D eigenvalue weighted by Gasteiger charge is 2.61. The van der Waals surface area contributed by atoms with Gasteiger partial charge in [-0.25, -0.2) is 8.78 Å². The van der Waals surface area contributed by atoms with Crippen molar-refractivity contribution in [1.82, 2.24) is 5.32 Å². The number of aliphatic hydroxyl groups excluding tert-OH is 1. The molecule has 0 saturated heterocycles. The molecule has 2 atom stereocenters. The molecule has 0 heterocycles. The minimum atomic E-state index is -0.914. The topological polar surface area (TPSA) is 58.6 Å². The molecule has 1 aliphatic rings. The van der Waals surface area contributed by atoms with Crippen LogP contribution >= 0.6 is 0 Å². The van der Waals surface area contributed by atoms with Crippen molar-refractivity contribution in [2.75, 3.05) is 13.2 Å². The van der Waals surface area contributed by atoms with E-state index in [4.69, 9.17) is 4.74 Å². The van der Waals surface area contributed by atoms with Gasteiger partial charge in [0.1, 0.15) is 11.6 Å². The summed E-state index contributed by atoms with van der Waals surface area (Å²) >= 11 is 0. The molecule has 4 nitrogen and oxygen atoms in total. The summed E-state index contributed by atoms with van der Waals surface area (Å²) in [5.41, 5.74) is -1.80. The molecule has 1 fully saturated rings. The molecule has 0 radical (unpaired) electrons. The maximum atomic E-state index is 13.7. The number of hydrogen-bond acceptors (Lipinski definition) is 3. The van der Waals surface area contributed by atoms with Crippen molar-refractivity contribution in [2.45, 2.75) is 38.8 Å². The van der Waals surface area contributed by atoms with Gasteiger partial charge in [0.15, 0.2) is 0 Å². The predicted octanol–water partition coefficient (Wildman–Crippen LogP) is 2.26. The number of ether oxygens (including phenoxy) is 1. The van der Waals surface area contributed by atoms with Crippen molar-refractivity contribution in [2.24, 2.45) is 5.41 Å². The summed E-state index contributed by atoms with van der Waals surface area (Å²) in [6.07, 6.45) is 0.315. The van der Waals surface area contributed by atoms with E-state index in [0.29, 0.717) is 13.0 Å². The Labute approximate surface area is 128 Å². The number of nitrogens with one attached hydrogen (secondary N) is 1. The Morgan fingerprint density at radius 1 is 1.45 bits per heavy atom. The second-order valence-corrected chi connectivity index (χ2v) is 6.19. The molecule has 122 valence electrons. The molecule has 22 heavy (non-hydrogen) atoms. The quantitative estimate of drug-likeness (QED) is 0.876. The van der Waals surface area contributed by atoms with E-state index in [1.54, 1.807) is 0 Å². The Balaban J connectivity index is 2.21. The fourth-order valence-electron chi connectivity index (χ4n) is 2.96. The largest absolute Gasteiger partial charge is 0.394 e. The number of carbonyl (C=O) groups excluding carboxylic acids is 1. The smallest absolute Gasteiger partial charge is 0.254 e. The lowest BCUT2D eigenvalue weighted by Gasteiger charge is -2.60. The third-order valence-corrected chi connectivity index (χ3v) is 4.74. The van der Waals surface area contributed by atoms with Gasteiger partial charge in [0.2, 0.25) is 0 Å². The summed E-state index contributed by atoms with van der Waals surface area (Å²) in [6, 6.07) is 2.71. The van der Waals surface area contributed by atoms with Crippen LogP contribution in [0, 0.1) is 17.0 Å². The first-order valence-electron chi connectivity index (χ1n) is 7.27. The van der Waals surface area contributed by atoms with E-state index in [9.17, 15) is 18.7 Å². The standard InChI is InChI=1S/C16H21F2NO3/c1-4-22-13-8-16(9-20,15(13,2)3)19-14(21)11-7-10(17)5-6-12(11)18/h5-7,13,20H,4,8-9H2,1-3H3,(H,19,21)/t13-,16-/m0/s1. The maximum Gasteiger partial charge on any atom is 0.254 e. The fourth-order valence-corrected chi connectivity index (χ4v) is 2.96. The molecule has 0 aromatic heterocycles. The number of aliphatic hydroxyl groups is 1. The molecule has 1 aliphatic carbocycles. The molecule has 0 unspecified atom stereocenters. The monoisotopic (exact) mass is 313 g/mol. The van der Waals surface area contributed by atoms with Crippen LogP contribution in [0.1, 0.15) is 37.6 Å². The van der Waals surface area contributed by atoms with Crippen LogP contribution in [0.4, 0.5) is 8.78 Å². The summed E-state index contributed by atoms with van der Waals surface area (Å²) in [4.78, 5) is 12.3. The lowest BCUT2D eigenvalue weighted by molar-refractivity contribution is -0.172. The number of amides is 1. The summed E-state index contributed by atoms with van der Waals surface area (Å²) in [5, 5.41) is 12.4. The van der Waals surface area contributed by atoms with Crippen LogP contribution in [0.3, 0.4) is 0 Å². The van der Waals surface area contributed by atoms with Gasteiger partial charge in [-0.05, 0) is 25.1 Å². The zero-order valence-electron chi connectivity index (χ0n) is 13.0. The van der Waals surface area contributed by atoms with Gasteiger partial charge in [-0.3, -0.25) is 4.79 Å². The zero-order valence-corrected chi connectivity index (χ0v) is 13.0. The Kier molecular flexibility index (Phi) is 4.54. The van der Waals surface area contributed by atoms with E-state index in [0.717, 1.165) is 18.2 Å². The van der Waals surface area contributed by atoms with Gasteiger partial charge >= 0.3 is 0 Å². The van der Waals surface area contributed by atoms with Crippen molar-refractivity contribution in [3.05, 3.63) is 35.4 Å². The normalized spacial score (nSPS) is 26.4. The van der Waals surface area contributed by atoms with Gasteiger partial charge in [-0.1, -0.05) is 13.8 Å². The average Bonchev–Trinajstić information content (AvgIpc) is 2.48. The van der Waals surface area contributed by atoms with Gasteiger partial charge in [0, 0.05) is 18.4 Å². The molecule has 2 N–H and O–H groups in total. The van der Waals surface area contributed by atoms with Gasteiger partial charge < -0.3 is 15.2 Å². The number of halogens is 2. The van der Waals surface area contributed by atoms with Gasteiger partial charge in [0.25, 0.3) is 5.91 Å². The lowest BCUT2D eigenvalue weighted by atomic mass is 9.54. The third kappa shape index (κ3) is 2.61. The van der Waals surface area contributed by atoms with Crippen molar-refractivity contribution < 1.29 is 23.4 Å². The van der Waals surface area contributed by atoms with Crippen LogP contribution in [0.15, 0.2) is 18.2 Å². The van der Waals surface area contributed by atoms with Crippen molar-refractivity contribution >= 4 is 5.91 Å². The van der Waals surface area contributed by atoms with E-state index in [1.165, 1.54) is 0 Å². The van der Waals surface area contributed by atoms with Crippen LogP contribution in [0.25, 0.3) is 0 Å². The predicted molar refractivity (Wildman–Crippen MR) is 77.5 cm³/mol. The van der Waals surface area contributed by atoms with Crippen molar-refractivity contribution in [3.8, 4) is 0 Å². The molecule has 1 amide bonds. The molecule has 2 rings (SSSR count). The SMILES string of the molecule is CCO[C@H]1C[C@@](CO)(NC(=O)c2cc(F)ccc2F)C1(C)C. The third-order valence-electron chi connectivity index (χ3n) is 4.74. The molecule has 0 spiro atoms. The number of hydrogen-bond donors (Lipinski definition) is 2. The molecule has 1 aromatic carbocycles. The zero-order chi connectivity index (χ0) is 16.5. The Hall–Kier alpha value is -1.53. The Morgan fingerprint density at radius 3 is 2.68 bits per heavy atom. The minimum absolute atomic E-state index is 0.109. The second kappa shape index (κ2) is 5.93. The van der Waals surface area contributed by atoms with Gasteiger partial charge in [-0.2, -0.15) is 0 Å². The summed E-state index contributed by atoms with van der Waals surface area (Å²) in [5.74, 6) is -2.23. The van der Waals surface area contributed by atoms with Gasteiger partial charge in [-0.15, -0.1) is 0 Å². The molecular formula is C16H21F2NO3. The van der Waals surface area contributed by atoms with Gasteiger partial charge in [0.05, 0.1) is 23.8 Å². The Morgan fingerprint density at radius 2 is 2.14 bits per heavy atom. The van der Waals surface area contributed by atoms with Crippen LogP contribution in [-0.2, 0) is 4.74 Å². The first kappa shape index (κ1) is 16.8. The highest BCUT2D eigenvalue weighted by Crippen LogP contribution is 2.51. The molecule has 6 heteroatoms. The van der Waals surface area contributed by atoms with Crippen molar-refractivity contribution in [3.63, 3.8) is 0 Å². The second-order valence-electron chi connectivity index (χ2n) is 6.19. The molecule has 1 aromatic rings. The number of benzene rings is 1.